The van der Waals surface area contributed by atoms with E-state index in [0.29, 0.717) is 17.9 Å². The van der Waals surface area contributed by atoms with Gasteiger partial charge in [-0.15, -0.1) is 11.3 Å². The molecule has 2 N–H and O–H groups in total. The number of aromatic nitrogens is 1. The standard InChI is InChI=1S/C9H14N2O4S2/c1-6-7(8(10)12)11-9(16-6)17(13,14)5-3-4-15-2/h3-5H2,1-2H3,(H2,10,12). The normalized spacial score (nSPS) is 11.6. The van der Waals surface area contributed by atoms with E-state index >= 15 is 0 Å². The van der Waals surface area contributed by atoms with Gasteiger partial charge in [-0.25, -0.2) is 13.4 Å². The van der Waals surface area contributed by atoms with Crippen molar-refractivity contribution < 1.29 is 17.9 Å². The van der Waals surface area contributed by atoms with Gasteiger partial charge in [0.15, 0.2) is 0 Å². The fourth-order valence-corrected chi connectivity index (χ4v) is 3.89. The van der Waals surface area contributed by atoms with Gasteiger partial charge in [-0.3, -0.25) is 4.79 Å². The zero-order valence-corrected chi connectivity index (χ0v) is 11.2. The monoisotopic (exact) mass is 278 g/mol. The van der Waals surface area contributed by atoms with E-state index in [2.05, 4.69) is 4.98 Å². The SMILES string of the molecule is COCCCS(=O)(=O)c1nc(C(N)=O)c(C)s1. The Balaban J connectivity index is 2.92. The Labute approximate surface area is 104 Å². The van der Waals surface area contributed by atoms with Gasteiger partial charge in [0.05, 0.1) is 5.75 Å². The predicted octanol–water partition coefficient (Wildman–Crippen LogP) is 0.361. The van der Waals surface area contributed by atoms with Gasteiger partial charge >= 0.3 is 0 Å². The van der Waals surface area contributed by atoms with Crippen LogP contribution in [0.1, 0.15) is 21.8 Å². The third-order valence-electron chi connectivity index (χ3n) is 2.04. The highest BCUT2D eigenvalue weighted by Gasteiger charge is 2.22. The summed E-state index contributed by atoms with van der Waals surface area (Å²) in [5.74, 6) is -0.761. The molecule has 8 heteroatoms. The summed E-state index contributed by atoms with van der Waals surface area (Å²) in [6.45, 7) is 1.98. The maximum atomic E-state index is 11.8. The van der Waals surface area contributed by atoms with Crippen LogP contribution in [0.25, 0.3) is 0 Å². The summed E-state index contributed by atoms with van der Waals surface area (Å²) in [4.78, 5) is 15.3. The summed E-state index contributed by atoms with van der Waals surface area (Å²) in [6, 6.07) is 0. The number of ether oxygens (including phenoxy) is 1. The van der Waals surface area contributed by atoms with Crippen LogP contribution in [0.3, 0.4) is 0 Å². The van der Waals surface area contributed by atoms with E-state index < -0.39 is 15.7 Å². The number of sulfone groups is 1. The van der Waals surface area contributed by atoms with Gasteiger partial charge in [0.1, 0.15) is 5.69 Å². The second-order valence-electron chi connectivity index (χ2n) is 3.41. The molecule has 1 rings (SSSR count). The first-order valence-electron chi connectivity index (χ1n) is 4.87. The molecule has 0 aliphatic heterocycles. The highest BCUT2D eigenvalue weighted by molar-refractivity contribution is 7.93. The Morgan fingerprint density at radius 2 is 2.18 bits per heavy atom. The zero-order chi connectivity index (χ0) is 13.1. The van der Waals surface area contributed by atoms with Gasteiger partial charge < -0.3 is 10.5 Å². The molecular formula is C9H14N2O4S2. The topological polar surface area (TPSA) is 99.3 Å². The van der Waals surface area contributed by atoms with Gasteiger partial charge in [-0.1, -0.05) is 0 Å². The summed E-state index contributed by atoms with van der Waals surface area (Å²) < 4.78 is 28.4. The summed E-state index contributed by atoms with van der Waals surface area (Å²) in [6.07, 6.45) is 0.392. The average Bonchev–Trinajstić information content (AvgIpc) is 2.61. The Morgan fingerprint density at radius 1 is 1.53 bits per heavy atom. The van der Waals surface area contributed by atoms with Crippen molar-refractivity contribution in [2.45, 2.75) is 17.7 Å². The molecule has 1 aromatic heterocycles. The first kappa shape index (κ1) is 14.1. The van der Waals surface area contributed by atoms with Gasteiger partial charge in [-0.2, -0.15) is 0 Å². The Bertz CT molecular complexity index is 507. The number of amides is 1. The highest BCUT2D eigenvalue weighted by Crippen LogP contribution is 2.22. The van der Waals surface area contributed by atoms with Crippen LogP contribution >= 0.6 is 11.3 Å². The van der Waals surface area contributed by atoms with E-state index in [0.717, 1.165) is 11.3 Å². The molecule has 1 heterocycles. The lowest BCUT2D eigenvalue weighted by Gasteiger charge is -1.99. The summed E-state index contributed by atoms with van der Waals surface area (Å²) in [7, 11) is -1.94. The third kappa shape index (κ3) is 3.48. The molecule has 0 saturated heterocycles. The zero-order valence-electron chi connectivity index (χ0n) is 9.60. The number of hydrogen-bond acceptors (Lipinski definition) is 6. The number of aryl methyl sites for hydroxylation is 1. The number of nitrogens with two attached hydrogens (primary N) is 1. The molecular weight excluding hydrogens is 264 g/mol. The van der Waals surface area contributed by atoms with Crippen LogP contribution in [-0.2, 0) is 14.6 Å². The molecule has 17 heavy (non-hydrogen) atoms. The van der Waals surface area contributed by atoms with Crippen LogP contribution in [0.5, 0.6) is 0 Å². The highest BCUT2D eigenvalue weighted by atomic mass is 32.2. The fourth-order valence-electron chi connectivity index (χ4n) is 1.21. The molecule has 1 amide bonds. The number of hydrogen-bond donors (Lipinski definition) is 1. The molecule has 0 radical (unpaired) electrons. The maximum Gasteiger partial charge on any atom is 0.268 e. The molecule has 0 unspecified atom stereocenters. The van der Waals surface area contributed by atoms with Crippen LogP contribution in [-0.4, -0.2) is 38.8 Å². The maximum absolute atomic E-state index is 11.8. The summed E-state index contributed by atoms with van der Waals surface area (Å²) in [5, 5.41) is 0. The van der Waals surface area contributed by atoms with Crippen molar-refractivity contribution in [2.24, 2.45) is 5.73 Å². The lowest BCUT2D eigenvalue weighted by molar-refractivity contribution is 0.0995. The number of methoxy groups -OCH3 is 1. The van der Waals surface area contributed by atoms with Crippen molar-refractivity contribution in [3.05, 3.63) is 10.6 Å². The molecule has 0 aliphatic carbocycles. The first-order chi connectivity index (χ1) is 7.88. The molecule has 6 nitrogen and oxygen atoms in total. The molecule has 0 spiro atoms. The second-order valence-corrected chi connectivity index (χ2v) is 6.90. The van der Waals surface area contributed by atoms with E-state index in [1.807, 2.05) is 0 Å². The molecule has 0 bridgehead atoms. The second kappa shape index (κ2) is 5.56. The van der Waals surface area contributed by atoms with Gasteiger partial charge in [0, 0.05) is 18.6 Å². The number of nitrogens with zero attached hydrogens (tertiary/aromatic N) is 1. The quantitative estimate of drug-likeness (QED) is 0.757. The van der Waals surface area contributed by atoms with Crippen LogP contribution in [0.4, 0.5) is 0 Å². The van der Waals surface area contributed by atoms with Crippen molar-refractivity contribution in [3.63, 3.8) is 0 Å². The number of primary amides is 1. The number of thiazole rings is 1. The van der Waals surface area contributed by atoms with Crippen molar-refractivity contribution in [2.75, 3.05) is 19.5 Å². The summed E-state index contributed by atoms with van der Waals surface area (Å²) >= 11 is 0.967. The molecule has 0 fully saturated rings. The molecule has 96 valence electrons. The van der Waals surface area contributed by atoms with Gasteiger partial charge in [0.2, 0.25) is 14.2 Å². The molecule has 0 saturated carbocycles. The number of rotatable bonds is 6. The smallest absolute Gasteiger partial charge is 0.268 e. The lowest BCUT2D eigenvalue weighted by atomic mass is 10.4. The summed E-state index contributed by atoms with van der Waals surface area (Å²) in [5.41, 5.74) is 5.11. The minimum absolute atomic E-state index is 0.0281. The van der Waals surface area contributed by atoms with Crippen LogP contribution < -0.4 is 5.73 Å². The Hall–Kier alpha value is -0.990. The predicted molar refractivity (Wildman–Crippen MR) is 63.9 cm³/mol. The molecule has 0 atom stereocenters. The molecule has 1 aromatic rings. The van der Waals surface area contributed by atoms with E-state index in [1.54, 1.807) is 6.92 Å². The number of carbonyl (C=O) groups excluding carboxylic acids is 1. The third-order valence-corrected chi connectivity index (χ3v) is 5.26. The van der Waals surface area contributed by atoms with Crippen molar-refractivity contribution in [3.8, 4) is 0 Å². The van der Waals surface area contributed by atoms with E-state index in [1.165, 1.54) is 7.11 Å². The average molecular weight is 278 g/mol. The van der Waals surface area contributed by atoms with Gasteiger partial charge in [0.25, 0.3) is 5.91 Å². The van der Waals surface area contributed by atoms with Gasteiger partial charge in [-0.05, 0) is 13.3 Å². The van der Waals surface area contributed by atoms with E-state index in [9.17, 15) is 13.2 Å². The molecule has 0 aliphatic rings. The lowest BCUT2D eigenvalue weighted by Crippen LogP contribution is -2.14. The Kier molecular flexibility index (Phi) is 4.61. The van der Waals surface area contributed by atoms with E-state index in [-0.39, 0.29) is 15.8 Å². The number of carbonyl (C=O) groups is 1. The fraction of sp³-hybridized carbons (Fsp3) is 0.556. The van der Waals surface area contributed by atoms with E-state index in [4.69, 9.17) is 10.5 Å². The van der Waals surface area contributed by atoms with Crippen LogP contribution in [0.2, 0.25) is 0 Å². The van der Waals surface area contributed by atoms with Crippen molar-refractivity contribution >= 4 is 27.1 Å². The minimum atomic E-state index is -3.45. The molecule has 0 aromatic carbocycles. The Morgan fingerprint density at radius 3 is 2.65 bits per heavy atom. The first-order valence-corrected chi connectivity index (χ1v) is 7.34. The largest absolute Gasteiger partial charge is 0.385 e. The van der Waals surface area contributed by atoms with Crippen LogP contribution in [0.15, 0.2) is 4.34 Å². The minimum Gasteiger partial charge on any atom is -0.385 e. The van der Waals surface area contributed by atoms with Crippen molar-refractivity contribution in [1.82, 2.24) is 4.98 Å². The van der Waals surface area contributed by atoms with Crippen LogP contribution in [0, 0.1) is 6.92 Å². The van der Waals surface area contributed by atoms with Crippen molar-refractivity contribution in [1.29, 1.82) is 0 Å².